The SMILES string of the molecule is O=C1CCCN1c1ccc2oc(C3CCNCC3)nc2c1. The van der Waals surface area contributed by atoms with Crippen molar-refractivity contribution in [1.29, 1.82) is 0 Å². The van der Waals surface area contributed by atoms with Gasteiger partial charge in [-0.15, -0.1) is 0 Å². The summed E-state index contributed by atoms with van der Waals surface area (Å²) >= 11 is 0. The Kier molecular flexibility index (Phi) is 3.15. The van der Waals surface area contributed by atoms with Crippen LogP contribution in [0.2, 0.25) is 0 Å². The summed E-state index contributed by atoms with van der Waals surface area (Å²) in [6, 6.07) is 5.88. The first-order chi connectivity index (χ1) is 10.3. The number of fused-ring (bicyclic) bond motifs is 1. The molecule has 3 heterocycles. The van der Waals surface area contributed by atoms with Crippen LogP contribution in [0.25, 0.3) is 11.1 Å². The maximum Gasteiger partial charge on any atom is 0.227 e. The summed E-state index contributed by atoms with van der Waals surface area (Å²) in [5, 5.41) is 3.36. The van der Waals surface area contributed by atoms with Crippen molar-refractivity contribution in [3.8, 4) is 0 Å². The minimum absolute atomic E-state index is 0.205. The fourth-order valence-electron chi connectivity index (χ4n) is 3.27. The van der Waals surface area contributed by atoms with Gasteiger partial charge in [0.2, 0.25) is 5.91 Å². The van der Waals surface area contributed by atoms with Crippen molar-refractivity contribution in [2.24, 2.45) is 0 Å². The molecule has 1 aromatic carbocycles. The minimum Gasteiger partial charge on any atom is -0.440 e. The zero-order chi connectivity index (χ0) is 14.2. The Morgan fingerprint density at radius 2 is 2.14 bits per heavy atom. The van der Waals surface area contributed by atoms with Crippen LogP contribution in [0.15, 0.2) is 22.6 Å². The summed E-state index contributed by atoms with van der Waals surface area (Å²) in [5.74, 6) is 1.46. The van der Waals surface area contributed by atoms with Gasteiger partial charge in [-0.2, -0.15) is 0 Å². The zero-order valence-electron chi connectivity index (χ0n) is 12.0. The molecule has 0 atom stereocenters. The molecular weight excluding hydrogens is 266 g/mol. The number of amides is 1. The molecule has 1 N–H and O–H groups in total. The van der Waals surface area contributed by atoms with E-state index in [2.05, 4.69) is 10.3 Å². The molecule has 0 bridgehead atoms. The number of carbonyl (C=O) groups excluding carboxylic acids is 1. The van der Waals surface area contributed by atoms with Crippen LogP contribution in [0, 0.1) is 0 Å². The Labute approximate surface area is 123 Å². The van der Waals surface area contributed by atoms with Crippen LogP contribution >= 0.6 is 0 Å². The Morgan fingerprint density at radius 1 is 1.29 bits per heavy atom. The minimum atomic E-state index is 0.205. The van der Waals surface area contributed by atoms with Gasteiger partial charge < -0.3 is 14.6 Å². The lowest BCUT2D eigenvalue weighted by atomic mass is 9.98. The highest BCUT2D eigenvalue weighted by molar-refractivity contribution is 5.96. The summed E-state index contributed by atoms with van der Waals surface area (Å²) in [4.78, 5) is 18.3. The van der Waals surface area contributed by atoms with E-state index in [-0.39, 0.29) is 5.91 Å². The fraction of sp³-hybridized carbons (Fsp3) is 0.500. The van der Waals surface area contributed by atoms with Gasteiger partial charge in [0.1, 0.15) is 5.52 Å². The van der Waals surface area contributed by atoms with E-state index in [1.807, 2.05) is 23.1 Å². The number of nitrogens with one attached hydrogen (secondary N) is 1. The molecule has 0 unspecified atom stereocenters. The van der Waals surface area contributed by atoms with Crippen molar-refractivity contribution >= 4 is 22.7 Å². The third-order valence-electron chi connectivity index (χ3n) is 4.46. The number of nitrogens with zero attached hydrogens (tertiary/aromatic N) is 2. The molecule has 0 radical (unpaired) electrons. The van der Waals surface area contributed by atoms with Crippen molar-refractivity contribution in [3.63, 3.8) is 0 Å². The van der Waals surface area contributed by atoms with Crippen LogP contribution < -0.4 is 10.2 Å². The smallest absolute Gasteiger partial charge is 0.227 e. The lowest BCUT2D eigenvalue weighted by Gasteiger charge is -2.19. The average molecular weight is 285 g/mol. The van der Waals surface area contributed by atoms with Crippen LogP contribution in [0.4, 0.5) is 5.69 Å². The first-order valence-corrected chi connectivity index (χ1v) is 7.73. The van der Waals surface area contributed by atoms with E-state index in [4.69, 9.17) is 4.42 Å². The fourth-order valence-corrected chi connectivity index (χ4v) is 3.27. The van der Waals surface area contributed by atoms with Gasteiger partial charge in [0.05, 0.1) is 0 Å². The highest BCUT2D eigenvalue weighted by atomic mass is 16.3. The number of carbonyl (C=O) groups is 1. The standard InChI is InChI=1S/C16H19N3O2/c20-15-2-1-9-19(15)12-3-4-14-13(10-12)18-16(21-14)11-5-7-17-8-6-11/h3-4,10-11,17H,1-2,5-9H2. The van der Waals surface area contributed by atoms with Crippen molar-refractivity contribution in [3.05, 3.63) is 24.1 Å². The van der Waals surface area contributed by atoms with Crippen LogP contribution in [0.3, 0.4) is 0 Å². The molecule has 2 aliphatic rings. The molecule has 2 aromatic rings. The maximum atomic E-state index is 11.8. The van der Waals surface area contributed by atoms with Crippen molar-refractivity contribution in [1.82, 2.24) is 10.3 Å². The molecule has 0 saturated carbocycles. The predicted molar refractivity (Wildman–Crippen MR) is 80.4 cm³/mol. The van der Waals surface area contributed by atoms with E-state index in [0.717, 1.165) is 61.6 Å². The number of hydrogen-bond acceptors (Lipinski definition) is 4. The van der Waals surface area contributed by atoms with Crippen LogP contribution in [-0.4, -0.2) is 30.5 Å². The van der Waals surface area contributed by atoms with Gasteiger partial charge in [-0.25, -0.2) is 4.98 Å². The lowest BCUT2D eigenvalue weighted by molar-refractivity contribution is -0.117. The molecule has 5 heteroatoms. The Morgan fingerprint density at radius 3 is 2.90 bits per heavy atom. The quantitative estimate of drug-likeness (QED) is 0.920. The number of aromatic nitrogens is 1. The molecule has 1 aromatic heterocycles. The first kappa shape index (κ1) is 12.8. The van der Waals surface area contributed by atoms with Crippen molar-refractivity contribution in [2.75, 3.05) is 24.5 Å². The molecule has 2 saturated heterocycles. The van der Waals surface area contributed by atoms with Crippen molar-refractivity contribution < 1.29 is 9.21 Å². The third-order valence-corrected chi connectivity index (χ3v) is 4.46. The van der Waals surface area contributed by atoms with E-state index >= 15 is 0 Å². The molecule has 5 nitrogen and oxygen atoms in total. The molecule has 2 fully saturated rings. The zero-order valence-corrected chi connectivity index (χ0v) is 12.0. The van der Waals surface area contributed by atoms with E-state index in [0.29, 0.717) is 12.3 Å². The van der Waals surface area contributed by atoms with Gasteiger partial charge in [-0.3, -0.25) is 4.79 Å². The summed E-state index contributed by atoms with van der Waals surface area (Å²) in [7, 11) is 0. The van der Waals surface area contributed by atoms with Crippen LogP contribution in [0.5, 0.6) is 0 Å². The van der Waals surface area contributed by atoms with E-state index in [9.17, 15) is 4.79 Å². The second kappa shape index (κ2) is 5.15. The molecule has 110 valence electrons. The maximum absolute atomic E-state index is 11.8. The summed E-state index contributed by atoms with van der Waals surface area (Å²) in [5.41, 5.74) is 2.62. The number of oxazole rings is 1. The Balaban J connectivity index is 1.66. The number of anilines is 1. The van der Waals surface area contributed by atoms with Gasteiger partial charge in [-0.1, -0.05) is 0 Å². The normalized spacial score (nSPS) is 20.6. The molecule has 2 aliphatic heterocycles. The molecule has 0 aliphatic carbocycles. The summed E-state index contributed by atoms with van der Waals surface area (Å²) in [6.45, 7) is 2.86. The van der Waals surface area contributed by atoms with E-state index in [1.54, 1.807) is 0 Å². The van der Waals surface area contributed by atoms with Crippen LogP contribution in [-0.2, 0) is 4.79 Å². The highest BCUT2D eigenvalue weighted by Crippen LogP contribution is 2.30. The van der Waals surface area contributed by atoms with E-state index < -0.39 is 0 Å². The summed E-state index contributed by atoms with van der Waals surface area (Å²) in [6.07, 6.45) is 3.74. The molecular formula is C16H19N3O2. The molecule has 1 amide bonds. The molecule has 0 spiro atoms. The second-order valence-electron chi connectivity index (χ2n) is 5.88. The van der Waals surface area contributed by atoms with Crippen molar-refractivity contribution in [2.45, 2.75) is 31.6 Å². The Hall–Kier alpha value is -1.88. The van der Waals surface area contributed by atoms with E-state index in [1.165, 1.54) is 0 Å². The van der Waals surface area contributed by atoms with Crippen LogP contribution in [0.1, 0.15) is 37.5 Å². The number of benzene rings is 1. The predicted octanol–water partition coefficient (Wildman–Crippen LogP) is 2.42. The van der Waals surface area contributed by atoms with Gasteiger partial charge in [0.25, 0.3) is 0 Å². The lowest BCUT2D eigenvalue weighted by Crippen LogP contribution is -2.26. The summed E-state index contributed by atoms with van der Waals surface area (Å²) < 4.78 is 5.91. The number of hydrogen-bond donors (Lipinski definition) is 1. The Bertz CT molecular complexity index is 673. The highest BCUT2D eigenvalue weighted by Gasteiger charge is 2.24. The average Bonchev–Trinajstić information content (AvgIpc) is 3.13. The largest absolute Gasteiger partial charge is 0.440 e. The second-order valence-corrected chi connectivity index (χ2v) is 5.88. The monoisotopic (exact) mass is 285 g/mol. The number of rotatable bonds is 2. The van der Waals surface area contributed by atoms with Gasteiger partial charge in [-0.05, 0) is 50.6 Å². The van der Waals surface area contributed by atoms with Gasteiger partial charge in [0, 0.05) is 24.6 Å². The van der Waals surface area contributed by atoms with Gasteiger partial charge in [0.15, 0.2) is 11.5 Å². The molecule has 21 heavy (non-hydrogen) atoms. The third kappa shape index (κ3) is 2.31. The molecule has 4 rings (SSSR count). The van der Waals surface area contributed by atoms with Gasteiger partial charge >= 0.3 is 0 Å². The first-order valence-electron chi connectivity index (χ1n) is 7.73. The topological polar surface area (TPSA) is 58.4 Å². The number of piperidine rings is 1.